The van der Waals surface area contributed by atoms with Crippen LogP contribution in [0, 0.1) is 0 Å². The third kappa shape index (κ3) is 7.35. The fourth-order valence-electron chi connectivity index (χ4n) is 5.05. The van der Waals surface area contributed by atoms with E-state index in [0.29, 0.717) is 6.61 Å². The van der Waals surface area contributed by atoms with Crippen molar-refractivity contribution in [2.45, 2.75) is 71.8 Å². The van der Waals surface area contributed by atoms with Crippen molar-refractivity contribution >= 4 is 16.5 Å². The highest BCUT2D eigenvalue weighted by Gasteiger charge is 2.19. The fraction of sp³-hybridized carbons (Fsp3) is 0.382. The smallest absolute Gasteiger partial charge is 0.128 e. The van der Waals surface area contributed by atoms with E-state index >= 15 is 0 Å². The molecule has 3 aromatic carbocycles. The zero-order valence-corrected chi connectivity index (χ0v) is 22.7. The molecular formula is C34H42N2O. The van der Waals surface area contributed by atoms with Gasteiger partial charge in [-0.25, -0.2) is 0 Å². The largest absolute Gasteiger partial charge is 0.488 e. The number of nitrogens with zero attached hydrogens (tertiary/aromatic N) is 2. The van der Waals surface area contributed by atoms with Crippen LogP contribution in [0.2, 0.25) is 0 Å². The number of hydrogen-bond acceptors (Lipinski definition) is 3. The highest BCUT2D eigenvalue weighted by molar-refractivity contribution is 6.02. The molecule has 3 heteroatoms. The van der Waals surface area contributed by atoms with E-state index < -0.39 is 0 Å². The van der Waals surface area contributed by atoms with Gasteiger partial charge in [-0.15, -0.1) is 0 Å². The molecule has 37 heavy (non-hydrogen) atoms. The number of hydrogen-bond donors (Lipinski definition) is 0. The zero-order valence-electron chi connectivity index (χ0n) is 22.7. The summed E-state index contributed by atoms with van der Waals surface area (Å²) in [6.07, 6.45) is 14.1. The van der Waals surface area contributed by atoms with Gasteiger partial charge in [0.2, 0.25) is 0 Å². The lowest BCUT2D eigenvalue weighted by Gasteiger charge is -2.28. The Labute approximate surface area is 223 Å². The lowest BCUT2D eigenvalue weighted by Crippen LogP contribution is -2.26. The van der Waals surface area contributed by atoms with E-state index in [4.69, 9.17) is 4.74 Å². The summed E-state index contributed by atoms with van der Waals surface area (Å²) in [5, 5.41) is 2.43. The molecule has 0 aliphatic heterocycles. The minimum atomic E-state index is 0.541. The number of rotatable bonds is 15. The molecule has 0 aliphatic rings. The Morgan fingerprint density at radius 1 is 0.703 bits per heavy atom. The molecule has 3 nitrogen and oxygen atoms in total. The summed E-state index contributed by atoms with van der Waals surface area (Å²) in [6.45, 7) is 7.25. The molecule has 4 rings (SSSR count). The Balaban J connectivity index is 1.72. The SMILES string of the molecule is CCCCCCN(CCCCCC)c1ccncc1-c1c(OCc2ccccc2)ccc2ccccc12. The number of pyridine rings is 1. The maximum absolute atomic E-state index is 6.50. The molecule has 0 radical (unpaired) electrons. The van der Waals surface area contributed by atoms with Gasteiger partial charge in [0.15, 0.2) is 0 Å². The van der Waals surface area contributed by atoms with Gasteiger partial charge in [-0.2, -0.15) is 0 Å². The van der Waals surface area contributed by atoms with E-state index in [1.54, 1.807) is 0 Å². The second kappa shape index (κ2) is 14.4. The lowest BCUT2D eigenvalue weighted by atomic mass is 9.96. The molecule has 1 aromatic heterocycles. The second-order valence-corrected chi connectivity index (χ2v) is 9.94. The normalized spacial score (nSPS) is 11.1. The highest BCUT2D eigenvalue weighted by atomic mass is 16.5. The van der Waals surface area contributed by atoms with Gasteiger partial charge >= 0.3 is 0 Å². The van der Waals surface area contributed by atoms with Gasteiger partial charge in [0.05, 0.1) is 0 Å². The van der Waals surface area contributed by atoms with Gasteiger partial charge in [-0.3, -0.25) is 4.98 Å². The van der Waals surface area contributed by atoms with E-state index in [2.05, 4.69) is 90.5 Å². The maximum Gasteiger partial charge on any atom is 0.128 e. The number of unbranched alkanes of at least 4 members (excludes halogenated alkanes) is 6. The summed E-state index contributed by atoms with van der Waals surface area (Å²) in [7, 11) is 0. The van der Waals surface area contributed by atoms with Crippen molar-refractivity contribution in [3.63, 3.8) is 0 Å². The lowest BCUT2D eigenvalue weighted by molar-refractivity contribution is 0.308. The highest BCUT2D eigenvalue weighted by Crippen LogP contribution is 2.42. The molecule has 0 atom stereocenters. The fourth-order valence-corrected chi connectivity index (χ4v) is 5.05. The standard InChI is InChI=1S/C34H42N2O/c1-3-5-7-14-24-36(25-15-8-6-4-2)32-22-23-35-26-31(32)34-30-19-13-12-18-29(30)20-21-33(34)37-27-28-16-10-9-11-17-28/h9-13,16-23,26H,3-8,14-15,24-25,27H2,1-2H3. The van der Waals surface area contributed by atoms with Crippen LogP contribution in [0.5, 0.6) is 5.75 Å². The number of ether oxygens (including phenoxy) is 1. The molecule has 0 amide bonds. The Kier molecular flexibility index (Phi) is 10.4. The molecular weight excluding hydrogens is 452 g/mol. The molecule has 0 saturated heterocycles. The van der Waals surface area contributed by atoms with Crippen LogP contribution in [-0.4, -0.2) is 18.1 Å². The van der Waals surface area contributed by atoms with Gasteiger partial charge < -0.3 is 9.64 Å². The predicted octanol–water partition coefficient (Wildman–Crippen LogP) is 9.45. The predicted molar refractivity (Wildman–Crippen MR) is 158 cm³/mol. The molecule has 0 spiro atoms. The first-order valence-corrected chi connectivity index (χ1v) is 14.2. The molecule has 1 heterocycles. The molecule has 4 aromatic rings. The van der Waals surface area contributed by atoms with Gasteiger partial charge in [-0.1, -0.05) is 113 Å². The average Bonchev–Trinajstić information content (AvgIpc) is 2.95. The third-order valence-electron chi connectivity index (χ3n) is 7.10. The van der Waals surface area contributed by atoms with Crippen LogP contribution in [-0.2, 0) is 6.61 Å². The van der Waals surface area contributed by atoms with Crippen LogP contribution in [0.4, 0.5) is 5.69 Å². The number of aromatic nitrogens is 1. The Morgan fingerprint density at radius 3 is 2.14 bits per heavy atom. The Morgan fingerprint density at radius 2 is 1.41 bits per heavy atom. The van der Waals surface area contributed by atoms with Gasteiger partial charge in [0, 0.05) is 42.3 Å². The number of fused-ring (bicyclic) bond motifs is 1. The minimum Gasteiger partial charge on any atom is -0.488 e. The topological polar surface area (TPSA) is 25.4 Å². The summed E-state index contributed by atoms with van der Waals surface area (Å²) >= 11 is 0. The summed E-state index contributed by atoms with van der Waals surface area (Å²) in [4.78, 5) is 7.21. The monoisotopic (exact) mass is 494 g/mol. The molecule has 0 unspecified atom stereocenters. The van der Waals surface area contributed by atoms with Crippen molar-refractivity contribution in [1.82, 2.24) is 4.98 Å². The number of benzene rings is 3. The zero-order chi connectivity index (χ0) is 25.7. The van der Waals surface area contributed by atoms with E-state index in [-0.39, 0.29) is 0 Å². The summed E-state index contributed by atoms with van der Waals surface area (Å²) < 4.78 is 6.50. The number of anilines is 1. The molecule has 194 valence electrons. The minimum absolute atomic E-state index is 0.541. The molecule has 0 aliphatic carbocycles. The van der Waals surface area contributed by atoms with Crippen LogP contribution in [0.3, 0.4) is 0 Å². The van der Waals surface area contributed by atoms with Crippen LogP contribution < -0.4 is 9.64 Å². The van der Waals surface area contributed by atoms with Crippen molar-refractivity contribution in [2.24, 2.45) is 0 Å². The Bertz CT molecular complexity index is 1210. The van der Waals surface area contributed by atoms with Crippen molar-refractivity contribution in [2.75, 3.05) is 18.0 Å². The maximum atomic E-state index is 6.50. The van der Waals surface area contributed by atoms with Crippen molar-refractivity contribution < 1.29 is 4.74 Å². The van der Waals surface area contributed by atoms with Gasteiger partial charge in [0.1, 0.15) is 12.4 Å². The molecule has 0 fully saturated rings. The van der Waals surface area contributed by atoms with Crippen LogP contribution in [0.15, 0.2) is 85.2 Å². The van der Waals surface area contributed by atoms with Crippen molar-refractivity contribution in [3.05, 3.63) is 90.8 Å². The van der Waals surface area contributed by atoms with E-state index in [9.17, 15) is 0 Å². The third-order valence-corrected chi connectivity index (χ3v) is 7.10. The summed E-state index contributed by atoms with van der Waals surface area (Å²) in [6, 6.07) is 25.5. The van der Waals surface area contributed by atoms with Crippen molar-refractivity contribution in [3.8, 4) is 16.9 Å². The molecule has 0 bridgehead atoms. The first kappa shape index (κ1) is 26.7. The van der Waals surface area contributed by atoms with Crippen LogP contribution in [0.1, 0.15) is 70.8 Å². The summed E-state index contributed by atoms with van der Waals surface area (Å²) in [5.74, 6) is 0.911. The quantitative estimate of drug-likeness (QED) is 0.154. The van der Waals surface area contributed by atoms with E-state index in [1.165, 1.54) is 73.4 Å². The van der Waals surface area contributed by atoms with E-state index in [1.807, 2.05) is 18.5 Å². The summed E-state index contributed by atoms with van der Waals surface area (Å²) in [5.41, 5.74) is 4.74. The average molecular weight is 495 g/mol. The first-order chi connectivity index (χ1) is 18.3. The van der Waals surface area contributed by atoms with Crippen LogP contribution in [0.25, 0.3) is 21.9 Å². The Hall–Kier alpha value is -3.33. The first-order valence-electron chi connectivity index (χ1n) is 14.2. The van der Waals surface area contributed by atoms with Crippen molar-refractivity contribution in [1.29, 1.82) is 0 Å². The van der Waals surface area contributed by atoms with Crippen LogP contribution >= 0.6 is 0 Å². The van der Waals surface area contributed by atoms with Gasteiger partial charge in [0.25, 0.3) is 0 Å². The molecule has 0 saturated carbocycles. The van der Waals surface area contributed by atoms with Gasteiger partial charge in [-0.05, 0) is 41.3 Å². The van der Waals surface area contributed by atoms with E-state index in [0.717, 1.165) is 30.0 Å². The second-order valence-electron chi connectivity index (χ2n) is 9.94. The molecule has 0 N–H and O–H groups in total.